The molecule has 1 heterocycles. The van der Waals surface area contributed by atoms with Crippen LogP contribution >= 0.6 is 11.6 Å². The highest BCUT2D eigenvalue weighted by atomic mass is 35.5. The van der Waals surface area contributed by atoms with E-state index in [0.29, 0.717) is 6.04 Å². The molecule has 0 aromatic heterocycles. The summed E-state index contributed by atoms with van der Waals surface area (Å²) >= 11 is 6.24. The average molecular weight is 310 g/mol. The van der Waals surface area contributed by atoms with Gasteiger partial charge in [0.2, 0.25) is 0 Å². The van der Waals surface area contributed by atoms with Crippen LogP contribution in [-0.2, 0) is 6.42 Å². The predicted molar refractivity (Wildman–Crippen MR) is 92.3 cm³/mol. The van der Waals surface area contributed by atoms with Crippen molar-refractivity contribution in [3.05, 3.63) is 28.8 Å². The maximum Gasteiger partial charge on any atom is 0.0426 e. The molecule has 1 aromatic carbocycles. The highest BCUT2D eigenvalue weighted by Gasteiger charge is 2.24. The van der Waals surface area contributed by atoms with Crippen molar-refractivity contribution in [1.82, 2.24) is 4.90 Å². The first-order valence-electron chi connectivity index (χ1n) is 8.04. The molecule has 3 nitrogen and oxygen atoms in total. The second-order valence-electron chi connectivity index (χ2n) is 6.13. The van der Waals surface area contributed by atoms with Gasteiger partial charge < -0.3 is 10.6 Å². The second-order valence-corrected chi connectivity index (χ2v) is 6.57. The summed E-state index contributed by atoms with van der Waals surface area (Å²) in [7, 11) is 2.22. The van der Waals surface area contributed by atoms with Gasteiger partial charge in [-0.3, -0.25) is 4.90 Å². The van der Waals surface area contributed by atoms with Crippen molar-refractivity contribution in [2.24, 2.45) is 5.73 Å². The summed E-state index contributed by atoms with van der Waals surface area (Å²) in [5, 5.41) is 0.811. The van der Waals surface area contributed by atoms with Gasteiger partial charge in [-0.05, 0) is 44.0 Å². The first-order valence-corrected chi connectivity index (χ1v) is 8.42. The van der Waals surface area contributed by atoms with Crippen LogP contribution in [0.4, 0.5) is 5.69 Å². The van der Waals surface area contributed by atoms with Gasteiger partial charge in [-0.25, -0.2) is 0 Å². The molecule has 0 radical (unpaired) electrons. The number of hydrogen-bond acceptors (Lipinski definition) is 3. The molecular weight excluding hydrogens is 282 g/mol. The summed E-state index contributed by atoms with van der Waals surface area (Å²) in [5.74, 6) is 0. The molecule has 0 spiro atoms. The topological polar surface area (TPSA) is 32.5 Å². The molecule has 1 aliphatic heterocycles. The normalized spacial score (nSPS) is 21.6. The Labute approximate surface area is 134 Å². The quantitative estimate of drug-likeness (QED) is 0.907. The fourth-order valence-corrected chi connectivity index (χ4v) is 3.20. The lowest BCUT2D eigenvalue weighted by atomic mass is 10.0. The Morgan fingerprint density at radius 2 is 2.10 bits per heavy atom. The Balaban J connectivity index is 2.23. The molecule has 1 aromatic rings. The summed E-state index contributed by atoms with van der Waals surface area (Å²) in [6.07, 6.45) is 3.10. The van der Waals surface area contributed by atoms with Crippen molar-refractivity contribution < 1.29 is 0 Å². The zero-order valence-electron chi connectivity index (χ0n) is 13.5. The van der Waals surface area contributed by atoms with Crippen molar-refractivity contribution >= 4 is 17.3 Å². The average Bonchev–Trinajstić information content (AvgIpc) is 2.49. The Morgan fingerprint density at radius 1 is 1.33 bits per heavy atom. The van der Waals surface area contributed by atoms with Crippen molar-refractivity contribution in [1.29, 1.82) is 0 Å². The molecule has 1 saturated heterocycles. The van der Waals surface area contributed by atoms with Gasteiger partial charge in [0.1, 0.15) is 0 Å². The van der Waals surface area contributed by atoms with Gasteiger partial charge in [0, 0.05) is 42.4 Å². The SMILES string of the molecule is CCC(N)Cc1ccc(Cl)cc1N1CCN(C)C(CC)C1. The Morgan fingerprint density at radius 3 is 2.76 bits per heavy atom. The van der Waals surface area contributed by atoms with Crippen LogP contribution in [-0.4, -0.2) is 43.7 Å². The van der Waals surface area contributed by atoms with E-state index in [-0.39, 0.29) is 6.04 Å². The number of anilines is 1. The van der Waals surface area contributed by atoms with Gasteiger partial charge in [-0.15, -0.1) is 0 Å². The fraction of sp³-hybridized carbons (Fsp3) is 0.647. The van der Waals surface area contributed by atoms with Crippen LogP contribution in [0.15, 0.2) is 18.2 Å². The minimum atomic E-state index is 0.222. The number of likely N-dealkylation sites (N-methyl/N-ethyl adjacent to an activating group) is 1. The van der Waals surface area contributed by atoms with Crippen molar-refractivity contribution in [2.75, 3.05) is 31.6 Å². The molecule has 1 aliphatic rings. The summed E-state index contributed by atoms with van der Waals surface area (Å²) in [6, 6.07) is 7.07. The highest BCUT2D eigenvalue weighted by molar-refractivity contribution is 6.30. The molecular formula is C17H28ClN3. The molecule has 4 heteroatoms. The molecule has 2 atom stereocenters. The van der Waals surface area contributed by atoms with Crippen LogP contribution in [0.25, 0.3) is 0 Å². The zero-order chi connectivity index (χ0) is 15.4. The summed E-state index contributed by atoms with van der Waals surface area (Å²) < 4.78 is 0. The van der Waals surface area contributed by atoms with E-state index in [4.69, 9.17) is 17.3 Å². The molecule has 21 heavy (non-hydrogen) atoms. The maximum absolute atomic E-state index is 6.24. The number of rotatable bonds is 5. The van der Waals surface area contributed by atoms with E-state index in [1.165, 1.54) is 17.7 Å². The molecule has 2 unspecified atom stereocenters. The van der Waals surface area contributed by atoms with E-state index >= 15 is 0 Å². The Hall–Kier alpha value is -0.770. The lowest BCUT2D eigenvalue weighted by molar-refractivity contribution is 0.213. The monoisotopic (exact) mass is 309 g/mol. The van der Waals surface area contributed by atoms with E-state index in [9.17, 15) is 0 Å². The van der Waals surface area contributed by atoms with Gasteiger partial charge in [-0.1, -0.05) is 31.5 Å². The van der Waals surface area contributed by atoms with Crippen molar-refractivity contribution in [2.45, 2.75) is 45.2 Å². The fourth-order valence-electron chi connectivity index (χ4n) is 3.04. The van der Waals surface area contributed by atoms with Crippen LogP contribution in [0.1, 0.15) is 32.3 Å². The minimum absolute atomic E-state index is 0.222. The van der Waals surface area contributed by atoms with Crippen LogP contribution in [0.5, 0.6) is 0 Å². The third kappa shape index (κ3) is 4.12. The van der Waals surface area contributed by atoms with Gasteiger partial charge in [0.05, 0.1) is 0 Å². The Kier molecular flexibility index (Phi) is 5.91. The van der Waals surface area contributed by atoms with Crippen molar-refractivity contribution in [3.63, 3.8) is 0 Å². The smallest absolute Gasteiger partial charge is 0.0426 e. The van der Waals surface area contributed by atoms with Crippen LogP contribution in [0.2, 0.25) is 5.02 Å². The number of benzene rings is 1. The van der Waals surface area contributed by atoms with E-state index in [0.717, 1.165) is 37.5 Å². The number of halogens is 1. The molecule has 118 valence electrons. The van der Waals surface area contributed by atoms with E-state index in [2.05, 4.69) is 42.8 Å². The summed E-state index contributed by atoms with van der Waals surface area (Å²) in [4.78, 5) is 4.94. The van der Waals surface area contributed by atoms with Gasteiger partial charge in [0.25, 0.3) is 0 Å². The zero-order valence-corrected chi connectivity index (χ0v) is 14.2. The van der Waals surface area contributed by atoms with Crippen LogP contribution in [0.3, 0.4) is 0 Å². The van der Waals surface area contributed by atoms with E-state index in [1.54, 1.807) is 0 Å². The Bertz CT molecular complexity index is 463. The first kappa shape index (κ1) is 16.6. The van der Waals surface area contributed by atoms with Gasteiger partial charge >= 0.3 is 0 Å². The third-order valence-electron chi connectivity index (χ3n) is 4.64. The lowest BCUT2D eigenvalue weighted by Gasteiger charge is -2.41. The molecule has 0 bridgehead atoms. The maximum atomic E-state index is 6.24. The third-order valence-corrected chi connectivity index (χ3v) is 4.88. The van der Waals surface area contributed by atoms with Crippen LogP contribution in [0, 0.1) is 0 Å². The standard InChI is InChI=1S/C17H28ClN3/c1-4-15(19)10-13-6-7-14(18)11-17(13)21-9-8-20(3)16(5-2)12-21/h6-7,11,15-16H,4-5,8-10,12,19H2,1-3H3. The predicted octanol–water partition coefficient (Wildman–Crippen LogP) is 3.15. The van der Waals surface area contributed by atoms with E-state index < -0.39 is 0 Å². The van der Waals surface area contributed by atoms with Gasteiger partial charge in [0.15, 0.2) is 0 Å². The molecule has 0 amide bonds. The highest BCUT2D eigenvalue weighted by Crippen LogP contribution is 2.28. The molecule has 2 rings (SSSR count). The number of nitrogens with zero attached hydrogens (tertiary/aromatic N) is 2. The van der Waals surface area contributed by atoms with Gasteiger partial charge in [-0.2, -0.15) is 0 Å². The first-order chi connectivity index (χ1) is 10.0. The number of nitrogens with two attached hydrogens (primary N) is 1. The number of hydrogen-bond donors (Lipinski definition) is 1. The lowest BCUT2D eigenvalue weighted by Crippen LogP contribution is -2.51. The molecule has 0 aliphatic carbocycles. The number of piperazine rings is 1. The van der Waals surface area contributed by atoms with Crippen molar-refractivity contribution in [3.8, 4) is 0 Å². The second kappa shape index (κ2) is 7.48. The van der Waals surface area contributed by atoms with E-state index in [1.807, 2.05) is 6.07 Å². The largest absolute Gasteiger partial charge is 0.368 e. The minimum Gasteiger partial charge on any atom is -0.368 e. The molecule has 1 fully saturated rings. The summed E-state index contributed by atoms with van der Waals surface area (Å²) in [5.41, 5.74) is 8.76. The van der Waals surface area contributed by atoms with Crippen LogP contribution < -0.4 is 10.6 Å². The summed E-state index contributed by atoms with van der Waals surface area (Å²) in [6.45, 7) is 7.63. The molecule has 2 N–H and O–H groups in total. The molecule has 0 saturated carbocycles.